The highest BCUT2D eigenvalue weighted by molar-refractivity contribution is 7.11. The van der Waals surface area contributed by atoms with Crippen LogP contribution in [-0.2, 0) is 19.1 Å². The van der Waals surface area contributed by atoms with Crippen LogP contribution in [0.3, 0.4) is 0 Å². The Balaban J connectivity index is 1.75. The Bertz CT molecular complexity index is 1250. The Kier molecular flexibility index (Phi) is 8.66. The molecule has 0 saturated carbocycles. The lowest BCUT2D eigenvalue weighted by Crippen LogP contribution is -2.46. The molecule has 1 aromatic carbocycles. The van der Waals surface area contributed by atoms with Gasteiger partial charge in [0, 0.05) is 43.3 Å². The monoisotopic (exact) mass is 526 g/mol. The van der Waals surface area contributed by atoms with Gasteiger partial charge < -0.3 is 19.9 Å². The molecule has 9 nitrogen and oxygen atoms in total. The molecule has 11 heteroatoms. The molecular weight excluding hydrogens is 499 g/mol. The zero-order valence-electron chi connectivity index (χ0n) is 20.3. The fourth-order valence-corrected chi connectivity index (χ4v) is 4.96. The number of carboxylic acids is 1. The number of aliphatic imine (C=N–C) groups is 1. The van der Waals surface area contributed by atoms with Crippen molar-refractivity contribution in [3.63, 3.8) is 0 Å². The van der Waals surface area contributed by atoms with Crippen LogP contribution in [-0.4, -0.2) is 71.7 Å². The molecule has 194 valence electrons. The third-order valence-corrected chi connectivity index (χ3v) is 6.81. The number of carboxylic acid groups (broad SMARTS) is 1. The molecule has 0 radical (unpaired) electrons. The number of carbonyl (C=O) groups excluding carboxylic acids is 1. The average molecular weight is 527 g/mol. The van der Waals surface area contributed by atoms with Gasteiger partial charge in [0.2, 0.25) is 0 Å². The maximum atomic E-state index is 14.7. The summed E-state index contributed by atoms with van der Waals surface area (Å²) in [4.78, 5) is 35.5. The van der Waals surface area contributed by atoms with Crippen molar-refractivity contribution in [2.45, 2.75) is 31.9 Å². The third-order valence-electron chi connectivity index (χ3n) is 6.03. The summed E-state index contributed by atoms with van der Waals surface area (Å²) in [5, 5.41) is 14.7. The molecule has 1 saturated heterocycles. The van der Waals surface area contributed by atoms with Gasteiger partial charge in [-0.05, 0) is 25.0 Å². The molecule has 1 unspecified atom stereocenters. The predicted molar refractivity (Wildman–Crippen MR) is 136 cm³/mol. The summed E-state index contributed by atoms with van der Waals surface area (Å²) in [6, 6.07) is 3.54. The molecular formula is C26H27FN4O5S. The van der Waals surface area contributed by atoms with Crippen LogP contribution < -0.4 is 5.32 Å². The van der Waals surface area contributed by atoms with E-state index in [-0.39, 0.29) is 30.3 Å². The van der Waals surface area contributed by atoms with Crippen LogP contribution in [0.4, 0.5) is 4.39 Å². The fraction of sp³-hybridized carbons (Fsp3) is 0.385. The van der Waals surface area contributed by atoms with Crippen molar-refractivity contribution >= 4 is 29.1 Å². The standard InChI is InChI=1S/C26H27FN4O5S/c1-3-17-18(6-5-7-19(17)27)23-22(26(34)35-4-2)20(29-24(30-23)25-28-10-13-37-25)15-31-11-12-36-16(14-31)8-9-21(32)33/h1,5-7,10,13,16,23H,4,8-9,11-12,14-15H2,2H3,(H,29,30)(H,32,33)/t16-,23?/m1/s1. The molecule has 0 bridgehead atoms. The first-order valence-electron chi connectivity index (χ1n) is 11.9. The molecule has 37 heavy (non-hydrogen) atoms. The summed E-state index contributed by atoms with van der Waals surface area (Å²) in [7, 11) is 0. The van der Waals surface area contributed by atoms with Crippen molar-refractivity contribution in [2.24, 2.45) is 4.99 Å². The van der Waals surface area contributed by atoms with Crippen molar-refractivity contribution in [3.8, 4) is 12.3 Å². The molecule has 2 atom stereocenters. The Labute approximate surface area is 218 Å². The van der Waals surface area contributed by atoms with Gasteiger partial charge in [0.25, 0.3) is 0 Å². The highest BCUT2D eigenvalue weighted by Gasteiger charge is 2.35. The molecule has 1 fully saturated rings. The molecule has 0 aliphatic carbocycles. The van der Waals surface area contributed by atoms with Crippen LogP contribution in [0.5, 0.6) is 0 Å². The number of aromatic nitrogens is 1. The quantitative estimate of drug-likeness (QED) is 0.379. The number of hydrogen-bond acceptors (Lipinski definition) is 9. The first-order valence-corrected chi connectivity index (χ1v) is 12.7. The topological polar surface area (TPSA) is 113 Å². The van der Waals surface area contributed by atoms with Crippen molar-refractivity contribution in [1.82, 2.24) is 15.2 Å². The van der Waals surface area contributed by atoms with Crippen LogP contribution in [0.25, 0.3) is 0 Å². The molecule has 2 aliphatic heterocycles. The molecule has 3 heterocycles. The lowest BCUT2D eigenvalue weighted by Gasteiger charge is -2.35. The van der Waals surface area contributed by atoms with Crippen LogP contribution in [0.2, 0.25) is 0 Å². The molecule has 0 spiro atoms. The van der Waals surface area contributed by atoms with Gasteiger partial charge in [0.05, 0.1) is 30.5 Å². The van der Waals surface area contributed by atoms with Gasteiger partial charge in [0.1, 0.15) is 11.9 Å². The molecule has 2 N–H and O–H groups in total. The van der Waals surface area contributed by atoms with E-state index < -0.39 is 23.8 Å². The van der Waals surface area contributed by atoms with Gasteiger partial charge >= 0.3 is 11.9 Å². The zero-order chi connectivity index (χ0) is 26.4. The number of nitrogens with one attached hydrogen (secondary N) is 1. The number of rotatable bonds is 9. The van der Waals surface area contributed by atoms with Gasteiger partial charge in [0.15, 0.2) is 10.8 Å². The lowest BCUT2D eigenvalue weighted by atomic mass is 9.91. The van der Waals surface area contributed by atoms with Crippen molar-refractivity contribution in [1.29, 1.82) is 0 Å². The van der Waals surface area contributed by atoms with Gasteiger partial charge in [-0.15, -0.1) is 17.8 Å². The van der Waals surface area contributed by atoms with E-state index in [1.165, 1.54) is 23.5 Å². The minimum Gasteiger partial charge on any atom is -0.481 e. The van der Waals surface area contributed by atoms with Crippen LogP contribution in [0.15, 0.2) is 46.0 Å². The third kappa shape index (κ3) is 6.22. The van der Waals surface area contributed by atoms with E-state index in [2.05, 4.69) is 21.1 Å². The van der Waals surface area contributed by atoms with E-state index in [1.807, 2.05) is 5.38 Å². The molecule has 0 amide bonds. The Morgan fingerprint density at radius 2 is 2.27 bits per heavy atom. The lowest BCUT2D eigenvalue weighted by molar-refractivity contribution is -0.139. The number of esters is 1. The summed E-state index contributed by atoms with van der Waals surface area (Å²) in [5.74, 6) is 0.792. The van der Waals surface area contributed by atoms with Crippen LogP contribution in [0, 0.1) is 18.2 Å². The normalized spacial score (nSPS) is 20.1. The number of thiazole rings is 1. The van der Waals surface area contributed by atoms with Crippen molar-refractivity contribution in [2.75, 3.05) is 32.8 Å². The van der Waals surface area contributed by atoms with Gasteiger partial charge in [-0.2, -0.15) is 0 Å². The average Bonchev–Trinajstić information content (AvgIpc) is 3.42. The number of terminal acetylenes is 1. The summed E-state index contributed by atoms with van der Waals surface area (Å²) < 4.78 is 25.8. The number of morpholine rings is 1. The molecule has 2 aliphatic rings. The predicted octanol–water partition coefficient (Wildman–Crippen LogP) is 2.74. The van der Waals surface area contributed by atoms with E-state index in [0.29, 0.717) is 54.8 Å². The van der Waals surface area contributed by atoms with Crippen molar-refractivity contribution < 1.29 is 28.6 Å². The number of aliphatic carboxylic acids is 1. The smallest absolute Gasteiger partial charge is 0.338 e. The van der Waals surface area contributed by atoms with Crippen LogP contribution in [0.1, 0.15) is 41.9 Å². The first kappa shape index (κ1) is 26.5. The SMILES string of the molecule is C#Cc1c(F)cccc1C1N=C(c2nccs2)NC(CN2CCO[C@H](CCC(=O)O)C2)=C1C(=O)OCC. The number of ether oxygens (including phenoxy) is 2. The van der Waals surface area contributed by atoms with E-state index in [9.17, 15) is 14.0 Å². The second-order valence-electron chi connectivity index (χ2n) is 8.46. The van der Waals surface area contributed by atoms with Gasteiger partial charge in [-0.25, -0.2) is 14.2 Å². The Hall–Kier alpha value is -3.59. The Morgan fingerprint density at radius 1 is 1.43 bits per heavy atom. The van der Waals surface area contributed by atoms with Gasteiger partial charge in [-0.3, -0.25) is 14.7 Å². The molecule has 4 rings (SSSR count). The van der Waals surface area contributed by atoms with Gasteiger partial charge in [-0.1, -0.05) is 18.1 Å². The fourth-order valence-electron chi connectivity index (χ4n) is 4.37. The highest BCUT2D eigenvalue weighted by atomic mass is 32.1. The number of carbonyl (C=O) groups is 2. The van der Waals surface area contributed by atoms with E-state index in [1.54, 1.807) is 19.2 Å². The number of nitrogens with zero attached hydrogens (tertiary/aromatic N) is 3. The maximum absolute atomic E-state index is 14.7. The summed E-state index contributed by atoms with van der Waals surface area (Å²) in [6.45, 7) is 3.65. The molecule has 1 aromatic heterocycles. The number of benzene rings is 1. The minimum absolute atomic E-state index is 0.00485. The number of amidine groups is 1. The minimum atomic E-state index is -0.917. The Morgan fingerprint density at radius 3 is 2.97 bits per heavy atom. The molecule has 2 aromatic rings. The maximum Gasteiger partial charge on any atom is 0.338 e. The van der Waals surface area contributed by atoms with E-state index in [4.69, 9.17) is 26.0 Å². The second kappa shape index (κ2) is 12.1. The first-order chi connectivity index (χ1) is 17.9. The summed E-state index contributed by atoms with van der Waals surface area (Å²) in [5.41, 5.74) is 1.17. The highest BCUT2D eigenvalue weighted by Crippen LogP contribution is 2.35. The van der Waals surface area contributed by atoms with Crippen molar-refractivity contribution in [3.05, 3.63) is 63.0 Å². The van der Waals surface area contributed by atoms with E-state index in [0.717, 1.165) is 0 Å². The second-order valence-corrected chi connectivity index (χ2v) is 9.36. The number of hydrogen-bond donors (Lipinski definition) is 2. The number of halogens is 1. The zero-order valence-corrected chi connectivity index (χ0v) is 21.1. The summed E-state index contributed by atoms with van der Waals surface area (Å²) in [6.07, 6.45) is 7.44. The van der Waals surface area contributed by atoms with E-state index >= 15 is 0 Å². The summed E-state index contributed by atoms with van der Waals surface area (Å²) >= 11 is 1.37. The van der Waals surface area contributed by atoms with Crippen LogP contribution >= 0.6 is 11.3 Å². The largest absolute Gasteiger partial charge is 0.481 e.